The van der Waals surface area contributed by atoms with Gasteiger partial charge in [0.25, 0.3) is 0 Å². The maximum atomic E-state index is 12.9. The Hall–Kier alpha value is -3.09. The third-order valence-electron chi connectivity index (χ3n) is 6.35. The van der Waals surface area contributed by atoms with E-state index < -0.39 is 10.0 Å². The van der Waals surface area contributed by atoms with E-state index >= 15 is 0 Å². The van der Waals surface area contributed by atoms with Crippen molar-refractivity contribution in [1.29, 1.82) is 0 Å². The Balaban J connectivity index is 1.44. The van der Waals surface area contributed by atoms with E-state index in [1.807, 2.05) is 78.9 Å². The molecule has 1 aliphatic rings. The van der Waals surface area contributed by atoms with Crippen LogP contribution in [0.3, 0.4) is 0 Å². The molecule has 4 aromatic rings. The number of piperidine rings is 1. The molecule has 1 fully saturated rings. The lowest BCUT2D eigenvalue weighted by molar-refractivity contribution is 0.287. The molecule has 0 N–H and O–H groups in total. The summed E-state index contributed by atoms with van der Waals surface area (Å²) < 4.78 is 27.4. The smallest absolute Gasteiger partial charge is 0.218 e. The van der Waals surface area contributed by atoms with Crippen LogP contribution in [-0.2, 0) is 15.8 Å². The fourth-order valence-corrected chi connectivity index (χ4v) is 5.90. The standard InChI is InChI=1S/C27H27N3O2S/c1-20-15-17-30(18-16-20)33(31,32)19-21-11-13-23(14-12-21)27-28-25-10-6-5-9-24(25)26(29-27)22-7-3-2-4-8-22/h2-14,20H,15-19H2,1H3. The summed E-state index contributed by atoms with van der Waals surface area (Å²) >= 11 is 0. The molecule has 1 aromatic heterocycles. The lowest BCUT2D eigenvalue weighted by Gasteiger charge is -2.29. The van der Waals surface area contributed by atoms with Crippen LogP contribution >= 0.6 is 0 Å². The summed E-state index contributed by atoms with van der Waals surface area (Å²) in [5.41, 5.74) is 4.46. The number of fused-ring (bicyclic) bond motifs is 1. The zero-order valence-corrected chi connectivity index (χ0v) is 19.5. The minimum atomic E-state index is -3.31. The van der Waals surface area contributed by atoms with Gasteiger partial charge in [0.1, 0.15) is 0 Å². The SMILES string of the molecule is CC1CCN(S(=O)(=O)Cc2ccc(-c3nc(-c4ccccc4)c4ccccc4n3)cc2)CC1. The fraction of sp³-hybridized carbons (Fsp3) is 0.259. The molecule has 5 nitrogen and oxygen atoms in total. The van der Waals surface area contributed by atoms with Gasteiger partial charge in [-0.15, -0.1) is 0 Å². The largest absolute Gasteiger partial charge is 0.228 e. The zero-order valence-electron chi connectivity index (χ0n) is 18.7. The van der Waals surface area contributed by atoms with Gasteiger partial charge in [-0.25, -0.2) is 22.7 Å². The number of sulfonamides is 1. The molecule has 33 heavy (non-hydrogen) atoms. The quantitative estimate of drug-likeness (QED) is 0.396. The highest BCUT2D eigenvalue weighted by molar-refractivity contribution is 7.88. The van der Waals surface area contributed by atoms with Crippen LogP contribution in [0.1, 0.15) is 25.3 Å². The molecule has 2 heterocycles. The molecule has 0 aliphatic carbocycles. The molecular weight excluding hydrogens is 430 g/mol. The molecule has 6 heteroatoms. The average Bonchev–Trinajstić information content (AvgIpc) is 2.84. The molecule has 0 bridgehead atoms. The molecule has 1 aliphatic heterocycles. The lowest BCUT2D eigenvalue weighted by atomic mass is 10.0. The van der Waals surface area contributed by atoms with E-state index in [0.29, 0.717) is 24.8 Å². The number of para-hydroxylation sites is 1. The first-order valence-corrected chi connectivity index (χ1v) is 13.0. The fourth-order valence-electron chi connectivity index (χ4n) is 4.34. The molecule has 0 radical (unpaired) electrons. The van der Waals surface area contributed by atoms with Gasteiger partial charge in [0.05, 0.1) is 17.0 Å². The van der Waals surface area contributed by atoms with Gasteiger partial charge in [0.15, 0.2) is 5.82 Å². The Morgan fingerprint density at radius 2 is 1.48 bits per heavy atom. The summed E-state index contributed by atoms with van der Waals surface area (Å²) in [4.78, 5) is 9.67. The number of aromatic nitrogens is 2. The van der Waals surface area contributed by atoms with Gasteiger partial charge in [-0.05, 0) is 30.4 Å². The van der Waals surface area contributed by atoms with Crippen molar-refractivity contribution >= 4 is 20.9 Å². The minimum Gasteiger partial charge on any atom is -0.228 e. The van der Waals surface area contributed by atoms with Crippen molar-refractivity contribution in [3.63, 3.8) is 0 Å². The Labute approximate surface area is 195 Å². The number of hydrogen-bond donors (Lipinski definition) is 0. The summed E-state index contributed by atoms with van der Waals surface area (Å²) in [6.07, 6.45) is 1.86. The molecule has 5 rings (SSSR count). The topological polar surface area (TPSA) is 63.2 Å². The third kappa shape index (κ3) is 4.68. The van der Waals surface area contributed by atoms with Crippen LogP contribution in [0, 0.1) is 5.92 Å². The van der Waals surface area contributed by atoms with Gasteiger partial charge >= 0.3 is 0 Å². The molecule has 0 atom stereocenters. The van der Waals surface area contributed by atoms with Crippen molar-refractivity contribution in [3.05, 3.63) is 84.4 Å². The highest BCUT2D eigenvalue weighted by atomic mass is 32.2. The first-order chi connectivity index (χ1) is 16.0. The van der Waals surface area contributed by atoms with Crippen LogP contribution in [0.5, 0.6) is 0 Å². The molecular formula is C27H27N3O2S. The predicted octanol–water partition coefficient (Wildman–Crippen LogP) is 5.53. The zero-order chi connectivity index (χ0) is 22.8. The van der Waals surface area contributed by atoms with E-state index in [4.69, 9.17) is 9.97 Å². The molecule has 0 amide bonds. The van der Waals surface area contributed by atoms with Crippen LogP contribution in [-0.4, -0.2) is 35.8 Å². The van der Waals surface area contributed by atoms with Crippen LogP contribution in [0.15, 0.2) is 78.9 Å². The summed E-state index contributed by atoms with van der Waals surface area (Å²) in [5, 5.41) is 1.01. The maximum absolute atomic E-state index is 12.9. The van der Waals surface area contributed by atoms with Crippen LogP contribution in [0.25, 0.3) is 33.5 Å². The van der Waals surface area contributed by atoms with Crippen LogP contribution in [0.2, 0.25) is 0 Å². The van der Waals surface area contributed by atoms with Crippen LogP contribution < -0.4 is 0 Å². The van der Waals surface area contributed by atoms with Gasteiger partial charge in [0, 0.05) is 29.6 Å². The summed E-state index contributed by atoms with van der Waals surface area (Å²) in [6.45, 7) is 3.42. The Kier molecular flexibility index (Phi) is 5.96. The Bertz CT molecular complexity index is 1360. The molecule has 168 valence electrons. The minimum absolute atomic E-state index is 0.0233. The Morgan fingerprint density at radius 1 is 0.818 bits per heavy atom. The number of nitrogens with zero attached hydrogens (tertiary/aromatic N) is 3. The van der Waals surface area contributed by atoms with Crippen molar-refractivity contribution in [2.75, 3.05) is 13.1 Å². The predicted molar refractivity (Wildman–Crippen MR) is 133 cm³/mol. The summed E-state index contributed by atoms with van der Waals surface area (Å²) in [5.74, 6) is 1.25. The van der Waals surface area contributed by atoms with Gasteiger partial charge in [-0.2, -0.15) is 0 Å². The summed E-state index contributed by atoms with van der Waals surface area (Å²) in [6, 6.07) is 25.7. The maximum Gasteiger partial charge on any atom is 0.218 e. The highest BCUT2D eigenvalue weighted by Gasteiger charge is 2.26. The lowest BCUT2D eigenvalue weighted by Crippen LogP contribution is -2.38. The van der Waals surface area contributed by atoms with E-state index in [2.05, 4.69) is 6.92 Å². The second-order valence-corrected chi connectivity index (χ2v) is 10.8. The number of hydrogen-bond acceptors (Lipinski definition) is 4. The molecule has 0 saturated carbocycles. The van der Waals surface area contributed by atoms with E-state index in [0.717, 1.165) is 46.1 Å². The van der Waals surface area contributed by atoms with Gasteiger partial charge in [0.2, 0.25) is 10.0 Å². The number of benzene rings is 3. The van der Waals surface area contributed by atoms with E-state index in [-0.39, 0.29) is 5.75 Å². The van der Waals surface area contributed by atoms with Crippen LogP contribution in [0.4, 0.5) is 0 Å². The van der Waals surface area contributed by atoms with Gasteiger partial charge < -0.3 is 0 Å². The first kappa shape index (κ1) is 21.7. The molecule has 0 spiro atoms. The molecule has 0 unspecified atom stereocenters. The van der Waals surface area contributed by atoms with Crippen molar-refractivity contribution in [3.8, 4) is 22.6 Å². The molecule has 3 aromatic carbocycles. The second kappa shape index (κ2) is 9.04. The third-order valence-corrected chi connectivity index (χ3v) is 8.20. The normalized spacial score (nSPS) is 15.7. The highest BCUT2D eigenvalue weighted by Crippen LogP contribution is 2.29. The number of rotatable bonds is 5. The van der Waals surface area contributed by atoms with Crippen molar-refractivity contribution in [2.45, 2.75) is 25.5 Å². The van der Waals surface area contributed by atoms with Gasteiger partial charge in [-0.1, -0.05) is 79.7 Å². The van der Waals surface area contributed by atoms with Crippen molar-refractivity contribution in [2.24, 2.45) is 5.92 Å². The van der Waals surface area contributed by atoms with Crippen molar-refractivity contribution in [1.82, 2.24) is 14.3 Å². The van der Waals surface area contributed by atoms with E-state index in [1.54, 1.807) is 4.31 Å². The molecule has 1 saturated heterocycles. The van der Waals surface area contributed by atoms with E-state index in [9.17, 15) is 8.42 Å². The van der Waals surface area contributed by atoms with E-state index in [1.165, 1.54) is 0 Å². The first-order valence-electron chi connectivity index (χ1n) is 11.4. The average molecular weight is 458 g/mol. The monoisotopic (exact) mass is 457 g/mol. The second-order valence-electron chi connectivity index (χ2n) is 8.81. The van der Waals surface area contributed by atoms with Gasteiger partial charge in [-0.3, -0.25) is 0 Å². The van der Waals surface area contributed by atoms with Crippen molar-refractivity contribution < 1.29 is 8.42 Å². The Morgan fingerprint density at radius 3 is 2.21 bits per heavy atom. The summed E-state index contributed by atoms with van der Waals surface area (Å²) in [7, 11) is -3.31.